The molecule has 3 aliphatic rings. The van der Waals surface area contributed by atoms with Crippen molar-refractivity contribution in [3.8, 4) is 0 Å². The van der Waals surface area contributed by atoms with Crippen molar-refractivity contribution in [2.75, 3.05) is 6.61 Å². The van der Waals surface area contributed by atoms with Crippen molar-refractivity contribution >= 4 is 0 Å². The fourth-order valence-electron chi connectivity index (χ4n) is 1.74. The Bertz CT molecular complexity index is 193. The lowest BCUT2D eigenvalue weighted by Crippen LogP contribution is -2.08. The molecule has 0 aromatic rings. The molecular weight excluding hydrogens is 128 g/mol. The Hall–Kier alpha value is -0.340. The summed E-state index contributed by atoms with van der Waals surface area (Å²) < 4.78 is 10.6. The van der Waals surface area contributed by atoms with E-state index in [2.05, 4.69) is 6.08 Å². The number of hydrogen-bond acceptors (Lipinski definition) is 2. The predicted octanol–water partition coefficient (Wildman–Crippen LogP) is 0.873. The van der Waals surface area contributed by atoms with Gasteiger partial charge in [0.15, 0.2) is 0 Å². The highest BCUT2D eigenvalue weighted by Crippen LogP contribution is 2.41. The highest BCUT2D eigenvalue weighted by molar-refractivity contribution is 5.27. The van der Waals surface area contributed by atoms with Gasteiger partial charge in [0.1, 0.15) is 12.2 Å². The SMILES string of the molecule is C1=C(C2CO2)C2OC2CC1. The summed E-state index contributed by atoms with van der Waals surface area (Å²) in [6.45, 7) is 0.929. The Balaban J connectivity index is 1.86. The quantitative estimate of drug-likeness (QED) is 0.397. The smallest absolute Gasteiger partial charge is 0.108 e. The van der Waals surface area contributed by atoms with Crippen LogP contribution >= 0.6 is 0 Å². The highest BCUT2D eigenvalue weighted by atomic mass is 16.6. The van der Waals surface area contributed by atoms with Crippen molar-refractivity contribution in [3.05, 3.63) is 11.6 Å². The van der Waals surface area contributed by atoms with Gasteiger partial charge in [-0.2, -0.15) is 0 Å². The van der Waals surface area contributed by atoms with Crippen LogP contribution in [0.5, 0.6) is 0 Å². The summed E-state index contributed by atoms with van der Waals surface area (Å²) in [5, 5.41) is 0. The number of hydrogen-bond donors (Lipinski definition) is 0. The fourth-order valence-corrected chi connectivity index (χ4v) is 1.74. The monoisotopic (exact) mass is 138 g/mol. The lowest BCUT2D eigenvalue weighted by Gasteiger charge is -2.03. The number of allylic oxidation sites excluding steroid dienone is 1. The van der Waals surface area contributed by atoms with Gasteiger partial charge in [-0.3, -0.25) is 0 Å². The zero-order valence-corrected chi connectivity index (χ0v) is 5.75. The molecule has 3 unspecified atom stereocenters. The van der Waals surface area contributed by atoms with E-state index in [9.17, 15) is 0 Å². The molecule has 0 bridgehead atoms. The molecule has 0 spiro atoms. The molecule has 0 amide bonds. The normalized spacial score (nSPS) is 49.6. The van der Waals surface area contributed by atoms with E-state index >= 15 is 0 Å². The summed E-state index contributed by atoms with van der Waals surface area (Å²) >= 11 is 0. The molecule has 2 heteroatoms. The van der Waals surface area contributed by atoms with E-state index in [0.29, 0.717) is 18.3 Å². The number of ether oxygens (including phenoxy) is 2. The van der Waals surface area contributed by atoms with Gasteiger partial charge in [-0.15, -0.1) is 0 Å². The minimum Gasteiger partial charge on any atom is -0.368 e. The molecule has 0 radical (unpaired) electrons. The summed E-state index contributed by atoms with van der Waals surface area (Å²) in [4.78, 5) is 0. The minimum absolute atomic E-state index is 0.440. The van der Waals surface area contributed by atoms with Gasteiger partial charge in [-0.25, -0.2) is 0 Å². The molecule has 10 heavy (non-hydrogen) atoms. The molecule has 2 aliphatic heterocycles. The number of rotatable bonds is 1. The number of epoxide rings is 2. The van der Waals surface area contributed by atoms with Crippen molar-refractivity contribution in [1.82, 2.24) is 0 Å². The van der Waals surface area contributed by atoms with Crippen molar-refractivity contribution in [2.24, 2.45) is 0 Å². The molecule has 0 aromatic heterocycles. The Kier molecular flexibility index (Phi) is 0.868. The molecular formula is C8H10O2. The molecule has 54 valence electrons. The van der Waals surface area contributed by atoms with Crippen molar-refractivity contribution in [2.45, 2.75) is 31.2 Å². The van der Waals surface area contributed by atoms with Crippen LogP contribution in [0.4, 0.5) is 0 Å². The van der Waals surface area contributed by atoms with Gasteiger partial charge >= 0.3 is 0 Å². The molecule has 0 saturated carbocycles. The second-order valence-electron chi connectivity index (χ2n) is 3.20. The first-order valence-corrected chi connectivity index (χ1v) is 3.92. The Labute approximate surface area is 59.8 Å². The maximum absolute atomic E-state index is 5.44. The standard InChI is InChI=1S/C8H10O2/c1-2-5(7-4-9-7)8-6(3-1)10-8/h2,6-8H,1,3-4H2. The van der Waals surface area contributed by atoms with Gasteiger partial charge in [0.2, 0.25) is 0 Å². The average Bonchev–Trinajstić information content (AvgIpc) is 2.83. The van der Waals surface area contributed by atoms with E-state index in [1.807, 2.05) is 0 Å². The molecule has 2 fully saturated rings. The van der Waals surface area contributed by atoms with Gasteiger partial charge in [0, 0.05) is 0 Å². The summed E-state index contributed by atoms with van der Waals surface area (Å²) in [5.41, 5.74) is 1.43. The fraction of sp³-hybridized carbons (Fsp3) is 0.750. The molecule has 0 aromatic carbocycles. The van der Waals surface area contributed by atoms with Crippen molar-refractivity contribution in [3.63, 3.8) is 0 Å². The lowest BCUT2D eigenvalue weighted by molar-refractivity contribution is 0.370. The maximum Gasteiger partial charge on any atom is 0.108 e. The Morgan fingerprint density at radius 2 is 2.40 bits per heavy atom. The number of fused-ring (bicyclic) bond motifs is 1. The van der Waals surface area contributed by atoms with Gasteiger partial charge in [-0.05, 0) is 18.4 Å². The molecule has 0 N–H and O–H groups in total. The second-order valence-corrected chi connectivity index (χ2v) is 3.20. The van der Waals surface area contributed by atoms with E-state index in [-0.39, 0.29) is 0 Å². The van der Waals surface area contributed by atoms with Crippen molar-refractivity contribution in [1.29, 1.82) is 0 Å². The topological polar surface area (TPSA) is 25.1 Å². The third-order valence-electron chi connectivity index (χ3n) is 2.45. The van der Waals surface area contributed by atoms with E-state index in [1.165, 1.54) is 18.4 Å². The zero-order chi connectivity index (χ0) is 6.55. The molecule has 1 aliphatic carbocycles. The van der Waals surface area contributed by atoms with Gasteiger partial charge in [0.05, 0.1) is 12.7 Å². The average molecular weight is 138 g/mol. The van der Waals surface area contributed by atoms with Gasteiger partial charge < -0.3 is 9.47 Å². The third kappa shape index (κ3) is 0.662. The van der Waals surface area contributed by atoms with Crippen LogP contribution < -0.4 is 0 Å². The summed E-state index contributed by atoms with van der Waals surface area (Å²) in [7, 11) is 0. The van der Waals surface area contributed by atoms with Crippen LogP contribution in [0.1, 0.15) is 12.8 Å². The molecule has 2 nitrogen and oxygen atoms in total. The van der Waals surface area contributed by atoms with Crippen LogP contribution in [-0.2, 0) is 9.47 Å². The van der Waals surface area contributed by atoms with Crippen LogP contribution in [-0.4, -0.2) is 24.9 Å². The first kappa shape index (κ1) is 5.33. The van der Waals surface area contributed by atoms with Crippen molar-refractivity contribution < 1.29 is 9.47 Å². The van der Waals surface area contributed by atoms with Crippen LogP contribution in [0, 0.1) is 0 Å². The Morgan fingerprint density at radius 1 is 1.50 bits per heavy atom. The predicted molar refractivity (Wildman–Crippen MR) is 35.7 cm³/mol. The summed E-state index contributed by atoms with van der Waals surface area (Å²) in [6, 6.07) is 0. The molecule has 3 atom stereocenters. The van der Waals surface area contributed by atoms with E-state index in [4.69, 9.17) is 9.47 Å². The van der Waals surface area contributed by atoms with E-state index in [1.54, 1.807) is 0 Å². The van der Waals surface area contributed by atoms with E-state index in [0.717, 1.165) is 6.61 Å². The lowest BCUT2D eigenvalue weighted by atomic mass is 9.98. The first-order chi connectivity index (χ1) is 4.95. The Morgan fingerprint density at radius 3 is 3.20 bits per heavy atom. The summed E-state index contributed by atoms with van der Waals surface area (Å²) in [6.07, 6.45) is 6.17. The molecule has 2 heterocycles. The summed E-state index contributed by atoms with van der Waals surface area (Å²) in [5.74, 6) is 0. The minimum atomic E-state index is 0.440. The van der Waals surface area contributed by atoms with Crippen LogP contribution in [0.2, 0.25) is 0 Å². The van der Waals surface area contributed by atoms with Gasteiger partial charge in [-0.1, -0.05) is 6.08 Å². The highest BCUT2D eigenvalue weighted by Gasteiger charge is 2.48. The zero-order valence-electron chi connectivity index (χ0n) is 5.75. The van der Waals surface area contributed by atoms with E-state index < -0.39 is 0 Å². The van der Waals surface area contributed by atoms with Crippen LogP contribution in [0.15, 0.2) is 11.6 Å². The largest absolute Gasteiger partial charge is 0.368 e. The van der Waals surface area contributed by atoms with Crippen LogP contribution in [0.25, 0.3) is 0 Å². The first-order valence-electron chi connectivity index (χ1n) is 3.92. The third-order valence-corrected chi connectivity index (χ3v) is 2.45. The van der Waals surface area contributed by atoms with Gasteiger partial charge in [0.25, 0.3) is 0 Å². The second kappa shape index (κ2) is 1.63. The molecule has 3 rings (SSSR count). The molecule has 2 saturated heterocycles. The van der Waals surface area contributed by atoms with Crippen LogP contribution in [0.3, 0.4) is 0 Å². The maximum atomic E-state index is 5.44.